The minimum absolute atomic E-state index is 0.00608. The first-order valence-electron chi connectivity index (χ1n) is 6.46. The normalized spacial score (nSPS) is 10.1. The quantitative estimate of drug-likeness (QED) is 0.402. The number of benzene rings is 1. The zero-order chi connectivity index (χ0) is 17.6. The number of primary amides is 1. The molecule has 0 atom stereocenters. The molecular formula is C13H15N3O6S. The molecule has 1 aromatic rings. The molecule has 2 amide bonds. The summed E-state index contributed by atoms with van der Waals surface area (Å²) >= 11 is 0.897. The number of carboxylic acid groups (broad SMARTS) is 1. The van der Waals surface area contributed by atoms with Crippen LogP contribution < -0.4 is 5.73 Å². The number of nitrogens with two attached hydrogens (primary N) is 1. The third-order valence-corrected chi connectivity index (χ3v) is 3.90. The van der Waals surface area contributed by atoms with Crippen molar-refractivity contribution < 1.29 is 24.4 Å². The number of nitro benzene ring substituents is 1. The zero-order valence-electron chi connectivity index (χ0n) is 12.2. The van der Waals surface area contributed by atoms with Crippen LogP contribution in [0.4, 0.5) is 5.69 Å². The summed E-state index contributed by atoms with van der Waals surface area (Å²) in [6.45, 7) is 1.42. The van der Waals surface area contributed by atoms with Gasteiger partial charge in [-0.25, -0.2) is 0 Å². The molecule has 0 bridgehead atoms. The van der Waals surface area contributed by atoms with Gasteiger partial charge >= 0.3 is 5.97 Å². The zero-order valence-corrected chi connectivity index (χ0v) is 13.0. The second-order valence-electron chi connectivity index (χ2n) is 4.39. The minimum Gasteiger partial charge on any atom is -0.480 e. The third-order valence-electron chi connectivity index (χ3n) is 2.85. The molecule has 0 aliphatic carbocycles. The molecule has 1 rings (SSSR count). The fourth-order valence-electron chi connectivity index (χ4n) is 1.71. The lowest BCUT2D eigenvalue weighted by molar-refractivity contribution is -0.387. The number of likely N-dealkylation sites (N-methyl/N-ethyl adjacent to an activating group) is 1. The van der Waals surface area contributed by atoms with Crippen molar-refractivity contribution in [3.05, 3.63) is 33.9 Å². The molecule has 1 aromatic carbocycles. The van der Waals surface area contributed by atoms with Gasteiger partial charge in [-0.1, -0.05) is 0 Å². The molecule has 0 fully saturated rings. The number of hydrogen-bond donors (Lipinski definition) is 2. The van der Waals surface area contributed by atoms with Gasteiger partial charge in [-0.3, -0.25) is 24.5 Å². The summed E-state index contributed by atoms with van der Waals surface area (Å²) in [7, 11) is 0. The van der Waals surface area contributed by atoms with Gasteiger partial charge < -0.3 is 15.7 Å². The lowest BCUT2D eigenvalue weighted by atomic mass is 10.2. The fourth-order valence-corrected chi connectivity index (χ4v) is 2.61. The summed E-state index contributed by atoms with van der Waals surface area (Å²) in [6.07, 6.45) is 0. The largest absolute Gasteiger partial charge is 0.480 e. The van der Waals surface area contributed by atoms with E-state index in [2.05, 4.69) is 0 Å². The van der Waals surface area contributed by atoms with Gasteiger partial charge in [0.2, 0.25) is 11.8 Å². The summed E-state index contributed by atoms with van der Waals surface area (Å²) < 4.78 is 0. The Morgan fingerprint density at radius 2 is 2.04 bits per heavy atom. The maximum atomic E-state index is 11.9. The van der Waals surface area contributed by atoms with Gasteiger partial charge in [0.1, 0.15) is 6.54 Å². The Morgan fingerprint density at radius 3 is 2.52 bits per heavy atom. The first kappa shape index (κ1) is 18.4. The second-order valence-corrected chi connectivity index (χ2v) is 5.41. The Kier molecular flexibility index (Phi) is 6.51. The van der Waals surface area contributed by atoms with E-state index in [-0.39, 0.29) is 28.4 Å². The van der Waals surface area contributed by atoms with Crippen molar-refractivity contribution in [1.29, 1.82) is 0 Å². The number of amides is 2. The van der Waals surface area contributed by atoms with E-state index in [0.717, 1.165) is 22.7 Å². The predicted octanol–water partition coefficient (Wildman–Crippen LogP) is 0.719. The van der Waals surface area contributed by atoms with Gasteiger partial charge in [0, 0.05) is 18.2 Å². The maximum absolute atomic E-state index is 11.9. The van der Waals surface area contributed by atoms with Crippen molar-refractivity contribution in [2.45, 2.75) is 11.8 Å². The molecule has 3 N–H and O–H groups in total. The second kappa shape index (κ2) is 8.13. The first-order valence-corrected chi connectivity index (χ1v) is 7.45. The van der Waals surface area contributed by atoms with Crippen LogP contribution in [0.5, 0.6) is 0 Å². The molecule has 9 nitrogen and oxygen atoms in total. The molecular weight excluding hydrogens is 326 g/mol. The Balaban J connectivity index is 2.88. The Bertz CT molecular complexity index is 649. The fraction of sp³-hybridized carbons (Fsp3) is 0.308. The molecule has 0 radical (unpaired) electrons. The highest BCUT2D eigenvalue weighted by Gasteiger charge is 2.20. The number of hydrogen-bond acceptors (Lipinski definition) is 6. The van der Waals surface area contributed by atoms with Gasteiger partial charge in [0.25, 0.3) is 5.69 Å². The molecule has 0 saturated carbocycles. The molecule has 0 aliphatic rings. The average molecular weight is 341 g/mol. The first-order chi connectivity index (χ1) is 10.8. The van der Waals surface area contributed by atoms with Crippen molar-refractivity contribution in [2.75, 3.05) is 18.8 Å². The maximum Gasteiger partial charge on any atom is 0.323 e. The molecule has 0 spiro atoms. The highest BCUT2D eigenvalue weighted by molar-refractivity contribution is 8.00. The highest BCUT2D eigenvalue weighted by Crippen LogP contribution is 2.30. The van der Waals surface area contributed by atoms with Crippen LogP contribution in [-0.4, -0.2) is 51.6 Å². The standard InChI is InChI=1S/C13H15N3O6S/c1-2-15(6-12(18)19)11(17)7-23-10-4-3-8(13(14)20)5-9(10)16(21)22/h3-5H,2,6-7H2,1H3,(H2,14,20)(H,18,19). The van der Waals surface area contributed by atoms with Gasteiger partial charge in [-0.2, -0.15) is 0 Å². The molecule has 23 heavy (non-hydrogen) atoms. The number of thioether (sulfide) groups is 1. The van der Waals surface area contributed by atoms with Crippen molar-refractivity contribution in [3.8, 4) is 0 Å². The predicted molar refractivity (Wildman–Crippen MR) is 82.2 cm³/mol. The number of carbonyl (C=O) groups excluding carboxylic acids is 2. The topological polar surface area (TPSA) is 144 Å². The average Bonchev–Trinajstić information content (AvgIpc) is 2.49. The number of aliphatic carboxylic acids is 1. The van der Waals surface area contributed by atoms with Crippen LogP contribution in [0, 0.1) is 10.1 Å². The summed E-state index contributed by atoms with van der Waals surface area (Å²) in [4.78, 5) is 45.3. The molecule has 0 heterocycles. The van der Waals surface area contributed by atoms with Gasteiger partial charge in [0.15, 0.2) is 0 Å². The van der Waals surface area contributed by atoms with Crippen LogP contribution in [0.25, 0.3) is 0 Å². The minimum atomic E-state index is -1.14. The van der Waals surface area contributed by atoms with Crippen LogP contribution >= 0.6 is 11.8 Å². The SMILES string of the molecule is CCN(CC(=O)O)C(=O)CSc1ccc(C(N)=O)cc1[N+](=O)[O-]. The van der Waals surface area contributed by atoms with Crippen molar-refractivity contribution in [1.82, 2.24) is 4.90 Å². The lowest BCUT2D eigenvalue weighted by Crippen LogP contribution is -2.36. The molecule has 0 saturated heterocycles. The summed E-state index contributed by atoms with van der Waals surface area (Å²) in [5, 5.41) is 19.8. The Hall–Kier alpha value is -2.62. The number of carbonyl (C=O) groups is 3. The smallest absolute Gasteiger partial charge is 0.323 e. The van der Waals surface area contributed by atoms with E-state index in [0.29, 0.717) is 0 Å². The molecule has 0 unspecified atom stereocenters. The Morgan fingerprint density at radius 1 is 1.39 bits per heavy atom. The Labute approximate surface area is 135 Å². The summed E-state index contributed by atoms with van der Waals surface area (Å²) in [5.74, 6) is -2.53. The van der Waals surface area contributed by atoms with Crippen LogP contribution in [-0.2, 0) is 9.59 Å². The van der Waals surface area contributed by atoms with Gasteiger partial charge in [0.05, 0.1) is 15.6 Å². The van der Waals surface area contributed by atoms with E-state index in [1.807, 2.05) is 0 Å². The van der Waals surface area contributed by atoms with Crippen LogP contribution in [0.15, 0.2) is 23.1 Å². The van der Waals surface area contributed by atoms with E-state index in [1.54, 1.807) is 6.92 Å². The van der Waals surface area contributed by atoms with Crippen molar-refractivity contribution in [2.24, 2.45) is 5.73 Å². The van der Waals surface area contributed by atoms with E-state index >= 15 is 0 Å². The number of rotatable bonds is 8. The molecule has 124 valence electrons. The monoisotopic (exact) mass is 341 g/mol. The van der Waals surface area contributed by atoms with Crippen LogP contribution in [0.1, 0.15) is 17.3 Å². The number of nitro groups is 1. The van der Waals surface area contributed by atoms with E-state index in [9.17, 15) is 24.5 Å². The van der Waals surface area contributed by atoms with Crippen molar-refractivity contribution in [3.63, 3.8) is 0 Å². The van der Waals surface area contributed by atoms with E-state index in [1.165, 1.54) is 12.1 Å². The highest BCUT2D eigenvalue weighted by atomic mass is 32.2. The van der Waals surface area contributed by atoms with Gasteiger partial charge in [-0.15, -0.1) is 11.8 Å². The molecule has 0 aromatic heterocycles. The van der Waals surface area contributed by atoms with E-state index in [4.69, 9.17) is 10.8 Å². The summed E-state index contributed by atoms with van der Waals surface area (Å²) in [5.41, 5.74) is 4.74. The lowest BCUT2D eigenvalue weighted by Gasteiger charge is -2.18. The number of carboxylic acids is 1. The third kappa shape index (κ3) is 5.25. The van der Waals surface area contributed by atoms with Crippen molar-refractivity contribution >= 4 is 35.2 Å². The van der Waals surface area contributed by atoms with Crippen LogP contribution in [0.3, 0.4) is 0 Å². The van der Waals surface area contributed by atoms with Gasteiger partial charge in [-0.05, 0) is 19.1 Å². The summed E-state index contributed by atoms with van der Waals surface area (Å²) in [6, 6.07) is 3.71. The number of nitrogens with zero attached hydrogens (tertiary/aromatic N) is 2. The van der Waals surface area contributed by atoms with Crippen LogP contribution in [0.2, 0.25) is 0 Å². The van der Waals surface area contributed by atoms with E-state index < -0.39 is 29.3 Å². The molecule has 0 aliphatic heterocycles. The molecule has 10 heteroatoms.